The second-order valence-electron chi connectivity index (χ2n) is 4.71. The maximum absolute atomic E-state index is 12.4. The van der Waals surface area contributed by atoms with Crippen LogP contribution in [-0.2, 0) is 6.42 Å². The number of benzene rings is 1. The van der Waals surface area contributed by atoms with E-state index in [1.165, 1.54) is 6.20 Å². The van der Waals surface area contributed by atoms with E-state index in [2.05, 4.69) is 25.7 Å². The van der Waals surface area contributed by atoms with Gasteiger partial charge in [-0.25, -0.2) is 0 Å². The Morgan fingerprint density at radius 3 is 3.04 bits per heavy atom. The van der Waals surface area contributed by atoms with Gasteiger partial charge in [0.2, 0.25) is 0 Å². The minimum atomic E-state index is -0.386. The Kier molecular flexibility index (Phi) is 4.05. The number of aromatic nitrogens is 4. The van der Waals surface area contributed by atoms with E-state index in [1.807, 2.05) is 31.2 Å². The number of anilines is 1. The number of carbonyl (C=O) groups excluding carboxylic acids is 1. The molecule has 23 heavy (non-hydrogen) atoms. The molecule has 0 atom stereocenters. The first-order chi connectivity index (χ1) is 11.2. The molecule has 8 heteroatoms. The van der Waals surface area contributed by atoms with Gasteiger partial charge in [-0.1, -0.05) is 24.2 Å². The SMILES string of the molecule is CCc1noc(NC(=O)c2cn[nH]c2-c2cccc(OC)c2)n1. The van der Waals surface area contributed by atoms with Gasteiger partial charge in [0, 0.05) is 12.0 Å². The standard InChI is InChI=1S/C15H15N5O3/c1-3-12-17-15(23-20-12)18-14(21)11-8-16-19-13(11)9-5-4-6-10(7-9)22-2/h4-8H,3H2,1-2H3,(H,16,19)(H,17,18,20,21). The third-order valence-electron chi connectivity index (χ3n) is 3.25. The van der Waals surface area contributed by atoms with Gasteiger partial charge in [0.05, 0.1) is 24.6 Å². The highest BCUT2D eigenvalue weighted by molar-refractivity contribution is 6.07. The molecule has 0 aliphatic heterocycles. The molecule has 2 heterocycles. The van der Waals surface area contributed by atoms with Crippen LogP contribution in [0.25, 0.3) is 11.3 Å². The highest BCUT2D eigenvalue weighted by Crippen LogP contribution is 2.25. The van der Waals surface area contributed by atoms with Crippen LogP contribution in [0.5, 0.6) is 5.75 Å². The molecule has 0 saturated heterocycles. The molecular weight excluding hydrogens is 298 g/mol. The molecule has 0 bridgehead atoms. The maximum atomic E-state index is 12.4. The lowest BCUT2D eigenvalue weighted by atomic mass is 10.1. The minimum absolute atomic E-state index is 0.0599. The number of carbonyl (C=O) groups is 1. The number of aryl methyl sites for hydroxylation is 1. The second-order valence-corrected chi connectivity index (χ2v) is 4.71. The molecule has 0 aliphatic rings. The van der Waals surface area contributed by atoms with Gasteiger partial charge in [-0.3, -0.25) is 15.2 Å². The van der Waals surface area contributed by atoms with E-state index >= 15 is 0 Å². The van der Waals surface area contributed by atoms with Crippen molar-refractivity contribution in [2.75, 3.05) is 12.4 Å². The number of hydrogen-bond acceptors (Lipinski definition) is 6. The summed E-state index contributed by atoms with van der Waals surface area (Å²) in [4.78, 5) is 16.4. The van der Waals surface area contributed by atoms with Crippen LogP contribution in [0, 0.1) is 0 Å². The fourth-order valence-electron chi connectivity index (χ4n) is 2.07. The van der Waals surface area contributed by atoms with Crippen LogP contribution in [0.3, 0.4) is 0 Å². The third-order valence-corrected chi connectivity index (χ3v) is 3.25. The molecule has 3 rings (SSSR count). The van der Waals surface area contributed by atoms with E-state index < -0.39 is 0 Å². The van der Waals surface area contributed by atoms with Gasteiger partial charge in [0.25, 0.3) is 5.91 Å². The van der Waals surface area contributed by atoms with Crippen molar-refractivity contribution in [2.45, 2.75) is 13.3 Å². The molecule has 0 unspecified atom stereocenters. The van der Waals surface area contributed by atoms with Gasteiger partial charge < -0.3 is 9.26 Å². The number of methoxy groups -OCH3 is 1. The number of aromatic amines is 1. The van der Waals surface area contributed by atoms with E-state index in [1.54, 1.807) is 7.11 Å². The summed E-state index contributed by atoms with van der Waals surface area (Å²) in [5.41, 5.74) is 1.73. The molecule has 0 saturated carbocycles. The zero-order valence-corrected chi connectivity index (χ0v) is 12.7. The highest BCUT2D eigenvalue weighted by atomic mass is 16.5. The fourth-order valence-corrected chi connectivity index (χ4v) is 2.07. The summed E-state index contributed by atoms with van der Waals surface area (Å²) < 4.78 is 10.2. The summed E-state index contributed by atoms with van der Waals surface area (Å²) in [5.74, 6) is 0.830. The van der Waals surface area contributed by atoms with Crippen molar-refractivity contribution in [1.82, 2.24) is 20.3 Å². The zero-order valence-electron chi connectivity index (χ0n) is 12.7. The van der Waals surface area contributed by atoms with Crippen molar-refractivity contribution in [2.24, 2.45) is 0 Å². The van der Waals surface area contributed by atoms with Crippen LogP contribution in [0.15, 0.2) is 35.0 Å². The molecule has 8 nitrogen and oxygen atoms in total. The quantitative estimate of drug-likeness (QED) is 0.748. The molecule has 118 valence electrons. The van der Waals surface area contributed by atoms with Crippen LogP contribution in [0.2, 0.25) is 0 Å². The number of nitrogens with one attached hydrogen (secondary N) is 2. The van der Waals surface area contributed by atoms with E-state index in [4.69, 9.17) is 9.26 Å². The molecule has 1 amide bonds. The van der Waals surface area contributed by atoms with Crippen LogP contribution in [0.4, 0.5) is 6.01 Å². The predicted octanol–water partition coefficient (Wildman–Crippen LogP) is 2.28. The Morgan fingerprint density at radius 1 is 1.43 bits per heavy atom. The molecule has 0 fully saturated rings. The normalized spacial score (nSPS) is 10.5. The monoisotopic (exact) mass is 313 g/mol. The van der Waals surface area contributed by atoms with E-state index in [0.29, 0.717) is 29.3 Å². The summed E-state index contributed by atoms with van der Waals surface area (Å²) in [6, 6.07) is 7.39. The van der Waals surface area contributed by atoms with E-state index in [9.17, 15) is 4.79 Å². The van der Waals surface area contributed by atoms with Gasteiger partial charge in [-0.15, -0.1) is 0 Å². The lowest BCUT2D eigenvalue weighted by molar-refractivity contribution is 0.102. The Bertz CT molecular complexity index is 824. The summed E-state index contributed by atoms with van der Waals surface area (Å²) in [6.45, 7) is 1.90. The van der Waals surface area contributed by atoms with Crippen LogP contribution >= 0.6 is 0 Å². The van der Waals surface area contributed by atoms with E-state index in [-0.39, 0.29) is 11.9 Å². The average Bonchev–Trinajstić information content (AvgIpc) is 3.23. The van der Waals surface area contributed by atoms with E-state index in [0.717, 1.165) is 5.56 Å². The maximum Gasteiger partial charge on any atom is 0.328 e. The largest absolute Gasteiger partial charge is 0.497 e. The molecule has 3 aromatic rings. The van der Waals surface area contributed by atoms with Crippen molar-refractivity contribution in [3.05, 3.63) is 41.9 Å². The Labute approximate surface area is 131 Å². The number of nitrogens with zero attached hydrogens (tertiary/aromatic N) is 3. The molecule has 2 N–H and O–H groups in total. The zero-order chi connectivity index (χ0) is 16.2. The number of amides is 1. The number of H-pyrrole nitrogens is 1. The van der Waals surface area contributed by atoms with Crippen molar-refractivity contribution in [1.29, 1.82) is 0 Å². The first-order valence-corrected chi connectivity index (χ1v) is 7.03. The summed E-state index contributed by atoms with van der Waals surface area (Å²) in [6.07, 6.45) is 2.07. The number of rotatable bonds is 5. The van der Waals surface area contributed by atoms with Gasteiger partial charge in [-0.05, 0) is 12.1 Å². The summed E-state index contributed by atoms with van der Waals surface area (Å²) in [7, 11) is 1.58. The smallest absolute Gasteiger partial charge is 0.328 e. The van der Waals surface area contributed by atoms with Crippen molar-refractivity contribution in [3.63, 3.8) is 0 Å². The molecule has 0 spiro atoms. The molecular formula is C15H15N5O3. The predicted molar refractivity (Wildman–Crippen MR) is 82.2 cm³/mol. The Hall–Kier alpha value is -3.16. The van der Waals surface area contributed by atoms with Crippen LogP contribution in [-0.4, -0.2) is 33.4 Å². The topological polar surface area (TPSA) is 106 Å². The Balaban J connectivity index is 1.86. The molecule has 0 radical (unpaired) electrons. The Morgan fingerprint density at radius 2 is 2.30 bits per heavy atom. The fraction of sp³-hybridized carbons (Fsp3) is 0.200. The lowest BCUT2D eigenvalue weighted by Crippen LogP contribution is -2.12. The highest BCUT2D eigenvalue weighted by Gasteiger charge is 2.18. The minimum Gasteiger partial charge on any atom is -0.497 e. The molecule has 2 aromatic heterocycles. The van der Waals surface area contributed by atoms with Crippen LogP contribution in [0.1, 0.15) is 23.1 Å². The van der Waals surface area contributed by atoms with Crippen molar-refractivity contribution >= 4 is 11.9 Å². The van der Waals surface area contributed by atoms with Gasteiger partial charge in [-0.2, -0.15) is 10.1 Å². The first-order valence-electron chi connectivity index (χ1n) is 7.03. The number of ether oxygens (including phenoxy) is 1. The van der Waals surface area contributed by atoms with Gasteiger partial charge >= 0.3 is 6.01 Å². The second kappa shape index (κ2) is 6.30. The first kappa shape index (κ1) is 14.8. The van der Waals surface area contributed by atoms with Crippen molar-refractivity contribution < 1.29 is 14.1 Å². The summed E-state index contributed by atoms with van der Waals surface area (Å²) in [5, 5.41) is 13.1. The van der Waals surface area contributed by atoms with Gasteiger partial charge in [0.15, 0.2) is 5.82 Å². The van der Waals surface area contributed by atoms with Crippen molar-refractivity contribution in [3.8, 4) is 17.0 Å². The van der Waals surface area contributed by atoms with Gasteiger partial charge in [0.1, 0.15) is 5.75 Å². The molecule has 0 aliphatic carbocycles. The lowest BCUT2D eigenvalue weighted by Gasteiger charge is -2.05. The summed E-state index contributed by atoms with van der Waals surface area (Å²) >= 11 is 0. The molecule has 1 aromatic carbocycles. The van der Waals surface area contributed by atoms with Crippen LogP contribution < -0.4 is 10.1 Å². The third kappa shape index (κ3) is 3.05. The average molecular weight is 313 g/mol. The number of hydrogen-bond donors (Lipinski definition) is 2.